The second kappa shape index (κ2) is 6.01. The molecule has 0 aliphatic rings. The van der Waals surface area contributed by atoms with Gasteiger partial charge >= 0.3 is 5.69 Å². The Kier molecular flexibility index (Phi) is 4.14. The summed E-state index contributed by atoms with van der Waals surface area (Å²) in [6, 6.07) is 13.0. The van der Waals surface area contributed by atoms with E-state index in [1.807, 2.05) is 42.2 Å². The largest absolute Gasteiger partial charge is 0.378 e. The van der Waals surface area contributed by atoms with Crippen LogP contribution in [0.4, 0.5) is 17.3 Å². The lowest BCUT2D eigenvalue weighted by atomic mass is 10.2. The molecule has 0 aliphatic carbocycles. The molecule has 2 aromatic rings. The molecule has 6 nitrogen and oxygen atoms in total. The lowest BCUT2D eigenvalue weighted by molar-refractivity contribution is -0.384. The Hall–Kier alpha value is -2.63. The first-order chi connectivity index (χ1) is 9.61. The Labute approximate surface area is 117 Å². The highest BCUT2D eigenvalue weighted by molar-refractivity contribution is 5.58. The summed E-state index contributed by atoms with van der Waals surface area (Å²) < 4.78 is 0. The Balaban J connectivity index is 2.24. The summed E-state index contributed by atoms with van der Waals surface area (Å²) in [5, 5.41) is 10.7. The van der Waals surface area contributed by atoms with Crippen molar-refractivity contribution in [3.8, 4) is 0 Å². The Morgan fingerprint density at radius 2 is 1.95 bits per heavy atom. The van der Waals surface area contributed by atoms with E-state index in [4.69, 9.17) is 5.73 Å². The van der Waals surface area contributed by atoms with Crippen LogP contribution >= 0.6 is 0 Å². The summed E-state index contributed by atoms with van der Waals surface area (Å²) in [7, 11) is 0. The minimum absolute atomic E-state index is 0.0565. The fourth-order valence-electron chi connectivity index (χ4n) is 1.95. The summed E-state index contributed by atoms with van der Waals surface area (Å²) in [6.45, 7) is 3.42. The summed E-state index contributed by atoms with van der Waals surface area (Å²) in [6.07, 6.45) is 0. The van der Waals surface area contributed by atoms with E-state index < -0.39 is 4.92 Å². The standard InChI is InChI=1S/C14H16N4O2/c1-2-17(10-11-6-4-3-5-7-11)13-9-8-12(18(19)20)14(15)16-13/h3-9H,2,10H2,1H3,(H2,15,16). The van der Waals surface area contributed by atoms with E-state index >= 15 is 0 Å². The summed E-state index contributed by atoms with van der Waals surface area (Å²) in [4.78, 5) is 16.3. The number of hydrogen-bond donors (Lipinski definition) is 1. The van der Waals surface area contributed by atoms with Gasteiger partial charge in [-0.05, 0) is 18.6 Å². The van der Waals surface area contributed by atoms with E-state index in [0.29, 0.717) is 12.4 Å². The van der Waals surface area contributed by atoms with E-state index in [2.05, 4.69) is 4.98 Å². The molecule has 2 rings (SSSR count). The first-order valence-electron chi connectivity index (χ1n) is 6.31. The number of hydrogen-bond acceptors (Lipinski definition) is 5. The summed E-state index contributed by atoms with van der Waals surface area (Å²) in [5.41, 5.74) is 6.61. The monoisotopic (exact) mass is 272 g/mol. The Bertz CT molecular complexity index is 601. The van der Waals surface area contributed by atoms with Gasteiger partial charge in [0.2, 0.25) is 5.82 Å². The predicted octanol–water partition coefficient (Wildman–Crippen LogP) is 2.60. The van der Waals surface area contributed by atoms with Crippen molar-refractivity contribution < 1.29 is 4.92 Å². The van der Waals surface area contributed by atoms with Crippen LogP contribution in [0.2, 0.25) is 0 Å². The zero-order chi connectivity index (χ0) is 14.5. The number of aromatic nitrogens is 1. The van der Waals surface area contributed by atoms with E-state index in [1.54, 1.807) is 6.07 Å². The minimum Gasteiger partial charge on any atom is -0.378 e. The van der Waals surface area contributed by atoms with Crippen LogP contribution in [-0.4, -0.2) is 16.5 Å². The van der Waals surface area contributed by atoms with Crippen molar-refractivity contribution in [2.24, 2.45) is 0 Å². The fourth-order valence-corrected chi connectivity index (χ4v) is 1.95. The molecule has 0 bridgehead atoms. The van der Waals surface area contributed by atoms with Crippen molar-refractivity contribution in [1.82, 2.24) is 4.98 Å². The van der Waals surface area contributed by atoms with Gasteiger partial charge in [-0.3, -0.25) is 10.1 Å². The van der Waals surface area contributed by atoms with Crippen molar-refractivity contribution in [3.05, 3.63) is 58.1 Å². The van der Waals surface area contributed by atoms with E-state index in [-0.39, 0.29) is 11.5 Å². The third-order valence-corrected chi connectivity index (χ3v) is 3.01. The molecular formula is C14H16N4O2. The molecule has 6 heteroatoms. The molecule has 0 fully saturated rings. The average Bonchev–Trinajstić information content (AvgIpc) is 2.45. The lowest BCUT2D eigenvalue weighted by Crippen LogP contribution is -2.23. The average molecular weight is 272 g/mol. The molecule has 0 aliphatic heterocycles. The Morgan fingerprint density at radius 1 is 1.25 bits per heavy atom. The van der Waals surface area contributed by atoms with Gasteiger partial charge in [0.1, 0.15) is 5.82 Å². The number of nitrogens with zero attached hydrogens (tertiary/aromatic N) is 3. The van der Waals surface area contributed by atoms with Crippen LogP contribution in [0.25, 0.3) is 0 Å². The number of nitrogens with two attached hydrogens (primary N) is 1. The maximum atomic E-state index is 10.7. The van der Waals surface area contributed by atoms with Crippen molar-refractivity contribution in [1.29, 1.82) is 0 Å². The molecule has 20 heavy (non-hydrogen) atoms. The smallest absolute Gasteiger partial charge is 0.311 e. The van der Waals surface area contributed by atoms with Crippen LogP contribution < -0.4 is 10.6 Å². The highest BCUT2D eigenvalue weighted by atomic mass is 16.6. The normalized spacial score (nSPS) is 10.2. The maximum Gasteiger partial charge on any atom is 0.311 e. The molecule has 0 radical (unpaired) electrons. The van der Waals surface area contributed by atoms with Gasteiger partial charge in [0, 0.05) is 19.2 Å². The molecule has 104 valence electrons. The van der Waals surface area contributed by atoms with Crippen LogP contribution in [0.5, 0.6) is 0 Å². The van der Waals surface area contributed by atoms with Crippen molar-refractivity contribution in [2.45, 2.75) is 13.5 Å². The van der Waals surface area contributed by atoms with E-state index in [0.717, 1.165) is 12.1 Å². The van der Waals surface area contributed by atoms with Gasteiger partial charge in [0.25, 0.3) is 0 Å². The molecule has 0 saturated heterocycles. The molecule has 0 atom stereocenters. The number of anilines is 2. The number of pyridine rings is 1. The fraction of sp³-hybridized carbons (Fsp3) is 0.214. The third-order valence-electron chi connectivity index (χ3n) is 3.01. The highest BCUT2D eigenvalue weighted by Crippen LogP contribution is 2.23. The van der Waals surface area contributed by atoms with Crippen LogP contribution in [0.15, 0.2) is 42.5 Å². The summed E-state index contributed by atoms with van der Waals surface area (Å²) >= 11 is 0. The molecular weight excluding hydrogens is 256 g/mol. The van der Waals surface area contributed by atoms with Crippen LogP contribution in [-0.2, 0) is 6.54 Å². The zero-order valence-corrected chi connectivity index (χ0v) is 11.2. The lowest BCUT2D eigenvalue weighted by Gasteiger charge is -2.22. The Morgan fingerprint density at radius 3 is 2.50 bits per heavy atom. The predicted molar refractivity (Wildman–Crippen MR) is 78.5 cm³/mol. The first-order valence-corrected chi connectivity index (χ1v) is 6.31. The van der Waals surface area contributed by atoms with Gasteiger partial charge in [0.05, 0.1) is 4.92 Å². The van der Waals surface area contributed by atoms with Crippen LogP contribution in [0.3, 0.4) is 0 Å². The maximum absolute atomic E-state index is 10.7. The number of rotatable bonds is 5. The van der Waals surface area contributed by atoms with Gasteiger partial charge in [-0.25, -0.2) is 4.98 Å². The molecule has 1 aromatic heterocycles. The summed E-state index contributed by atoms with van der Waals surface area (Å²) in [5.74, 6) is 0.582. The molecule has 0 saturated carbocycles. The number of nitro groups is 1. The van der Waals surface area contributed by atoms with Crippen molar-refractivity contribution in [2.75, 3.05) is 17.2 Å². The second-order valence-corrected chi connectivity index (χ2v) is 4.33. The number of nitrogen functional groups attached to an aromatic ring is 1. The van der Waals surface area contributed by atoms with E-state index in [1.165, 1.54) is 6.07 Å². The van der Waals surface area contributed by atoms with Gasteiger partial charge in [-0.2, -0.15) is 0 Å². The second-order valence-electron chi connectivity index (χ2n) is 4.33. The molecule has 0 spiro atoms. The quantitative estimate of drug-likeness (QED) is 0.668. The molecule has 1 aromatic carbocycles. The molecule has 0 unspecified atom stereocenters. The van der Waals surface area contributed by atoms with Crippen LogP contribution in [0.1, 0.15) is 12.5 Å². The molecule has 1 heterocycles. The molecule has 2 N–H and O–H groups in total. The zero-order valence-electron chi connectivity index (χ0n) is 11.2. The van der Waals surface area contributed by atoms with Gasteiger partial charge in [-0.15, -0.1) is 0 Å². The topological polar surface area (TPSA) is 85.3 Å². The van der Waals surface area contributed by atoms with Gasteiger partial charge in [-0.1, -0.05) is 30.3 Å². The van der Waals surface area contributed by atoms with E-state index in [9.17, 15) is 10.1 Å². The van der Waals surface area contributed by atoms with Crippen molar-refractivity contribution >= 4 is 17.3 Å². The molecule has 0 amide bonds. The SMILES string of the molecule is CCN(Cc1ccccc1)c1ccc([N+](=O)[O-])c(N)n1. The minimum atomic E-state index is -0.528. The van der Waals surface area contributed by atoms with Gasteiger partial charge in [0.15, 0.2) is 0 Å². The number of benzene rings is 1. The van der Waals surface area contributed by atoms with Crippen molar-refractivity contribution in [3.63, 3.8) is 0 Å². The highest BCUT2D eigenvalue weighted by Gasteiger charge is 2.15. The van der Waals surface area contributed by atoms with Crippen LogP contribution in [0, 0.1) is 10.1 Å². The first kappa shape index (κ1) is 13.8. The van der Waals surface area contributed by atoms with Gasteiger partial charge < -0.3 is 10.6 Å². The third kappa shape index (κ3) is 3.03.